The van der Waals surface area contributed by atoms with Gasteiger partial charge in [-0.15, -0.1) is 0 Å². The molecule has 1 unspecified atom stereocenters. The number of rotatable bonds is 2. The summed E-state index contributed by atoms with van der Waals surface area (Å²) < 4.78 is 58.7. The van der Waals surface area contributed by atoms with Gasteiger partial charge in [-0.1, -0.05) is 0 Å². The zero-order valence-electron chi connectivity index (χ0n) is 13.0. The van der Waals surface area contributed by atoms with Crippen LogP contribution >= 0.6 is 0 Å². The van der Waals surface area contributed by atoms with Gasteiger partial charge in [0.1, 0.15) is 17.7 Å². The number of aromatic nitrogens is 2. The van der Waals surface area contributed by atoms with Crippen LogP contribution in [0.4, 0.5) is 17.6 Å². The van der Waals surface area contributed by atoms with Crippen LogP contribution in [0.15, 0.2) is 12.1 Å². The molecule has 2 aromatic rings. The fraction of sp³-hybridized carbons (Fsp3) is 0.375. The van der Waals surface area contributed by atoms with E-state index in [1.165, 1.54) is 13.0 Å². The second-order valence-corrected chi connectivity index (χ2v) is 5.73. The number of fused-ring (bicyclic) bond motifs is 1. The molecule has 0 radical (unpaired) electrons. The van der Waals surface area contributed by atoms with Crippen molar-refractivity contribution in [3.8, 4) is 17.0 Å². The highest BCUT2D eigenvalue weighted by Crippen LogP contribution is 2.41. The molecule has 0 aliphatic carbocycles. The van der Waals surface area contributed by atoms with E-state index < -0.39 is 17.8 Å². The van der Waals surface area contributed by atoms with Crippen LogP contribution in [0.5, 0.6) is 5.75 Å². The van der Waals surface area contributed by atoms with Crippen LogP contribution in [-0.4, -0.2) is 22.6 Å². The van der Waals surface area contributed by atoms with E-state index >= 15 is 0 Å². The Balaban J connectivity index is 2.23. The van der Waals surface area contributed by atoms with Gasteiger partial charge < -0.3 is 10.5 Å². The first-order valence-corrected chi connectivity index (χ1v) is 7.32. The maximum Gasteiger partial charge on any atom is 0.451 e. The lowest BCUT2D eigenvalue weighted by Gasteiger charge is -2.15. The number of halogens is 4. The second-order valence-electron chi connectivity index (χ2n) is 5.73. The molecule has 0 spiro atoms. The summed E-state index contributed by atoms with van der Waals surface area (Å²) in [6, 6.07) is 2.44. The molecule has 1 aromatic carbocycles. The molecule has 128 valence electrons. The first-order chi connectivity index (χ1) is 11.2. The molecule has 1 aromatic heterocycles. The predicted octanol–water partition coefficient (Wildman–Crippen LogP) is 3.18. The van der Waals surface area contributed by atoms with Gasteiger partial charge in [-0.25, -0.2) is 14.4 Å². The lowest BCUT2D eigenvalue weighted by atomic mass is 10.0. The molecule has 0 fully saturated rings. The van der Waals surface area contributed by atoms with Crippen LogP contribution < -0.4 is 10.5 Å². The summed E-state index contributed by atoms with van der Waals surface area (Å²) in [6.07, 6.45) is -4.61. The van der Waals surface area contributed by atoms with Crippen molar-refractivity contribution in [3.05, 3.63) is 40.6 Å². The Kier molecular flexibility index (Phi) is 3.95. The molecule has 2 N–H and O–H groups in total. The maximum atomic E-state index is 14.0. The molecule has 1 atom stereocenters. The van der Waals surface area contributed by atoms with Gasteiger partial charge in [-0.05, 0) is 31.5 Å². The number of aryl methyl sites for hydroxylation is 1. The predicted molar refractivity (Wildman–Crippen MR) is 79.1 cm³/mol. The monoisotopic (exact) mass is 341 g/mol. The van der Waals surface area contributed by atoms with E-state index in [0.717, 1.165) is 6.07 Å². The molecule has 4 nitrogen and oxygen atoms in total. The van der Waals surface area contributed by atoms with Gasteiger partial charge in [-0.2, -0.15) is 13.2 Å². The molecule has 0 amide bonds. The van der Waals surface area contributed by atoms with Gasteiger partial charge in [0.05, 0.1) is 5.69 Å². The van der Waals surface area contributed by atoms with Crippen molar-refractivity contribution in [2.75, 3.05) is 6.54 Å². The number of nitrogens with zero attached hydrogens (tertiary/aromatic N) is 2. The largest absolute Gasteiger partial charge is 0.488 e. The molecular formula is C16H15F4N3O. The smallest absolute Gasteiger partial charge is 0.451 e. The normalized spacial score (nSPS) is 16.9. The van der Waals surface area contributed by atoms with Crippen LogP contribution in [0, 0.1) is 19.7 Å². The van der Waals surface area contributed by atoms with E-state index in [4.69, 9.17) is 10.5 Å². The zero-order chi connectivity index (χ0) is 17.6. The number of hydrogen-bond acceptors (Lipinski definition) is 4. The fourth-order valence-electron chi connectivity index (χ4n) is 2.72. The number of ether oxygens (including phenoxy) is 1. The molecule has 0 saturated carbocycles. The molecule has 24 heavy (non-hydrogen) atoms. The third kappa shape index (κ3) is 2.82. The van der Waals surface area contributed by atoms with Crippen molar-refractivity contribution < 1.29 is 22.3 Å². The average molecular weight is 341 g/mol. The second kappa shape index (κ2) is 5.70. The minimum Gasteiger partial charge on any atom is -0.488 e. The Labute approximate surface area is 135 Å². The lowest BCUT2D eigenvalue weighted by Crippen LogP contribution is -2.24. The number of alkyl halides is 3. The first-order valence-electron chi connectivity index (χ1n) is 7.32. The Morgan fingerprint density at radius 3 is 2.58 bits per heavy atom. The highest BCUT2D eigenvalue weighted by Gasteiger charge is 2.36. The van der Waals surface area contributed by atoms with Crippen LogP contribution in [-0.2, 0) is 12.6 Å². The molecule has 1 aliphatic heterocycles. The summed E-state index contributed by atoms with van der Waals surface area (Å²) in [5.41, 5.74) is 6.98. The summed E-state index contributed by atoms with van der Waals surface area (Å²) in [6.45, 7) is 3.28. The van der Waals surface area contributed by atoms with Gasteiger partial charge >= 0.3 is 6.18 Å². The highest BCUT2D eigenvalue weighted by atomic mass is 19.4. The maximum absolute atomic E-state index is 14.0. The quantitative estimate of drug-likeness (QED) is 0.853. The summed E-state index contributed by atoms with van der Waals surface area (Å²) in [4.78, 5) is 7.12. The van der Waals surface area contributed by atoms with Crippen molar-refractivity contribution in [1.29, 1.82) is 0 Å². The average Bonchev–Trinajstić information content (AvgIpc) is 2.91. The summed E-state index contributed by atoms with van der Waals surface area (Å²) in [7, 11) is 0. The standard InChI is InChI=1S/C16H15F4N3O/c1-7-8(2)22-15(16(18,19)20)23-13(7)12-5-10(17)3-9-4-11(6-21)24-14(9)12/h3,5,11H,4,6,21H2,1-2H3. The van der Waals surface area contributed by atoms with Crippen molar-refractivity contribution in [2.45, 2.75) is 32.5 Å². The summed E-state index contributed by atoms with van der Waals surface area (Å²) in [5, 5.41) is 0. The number of benzene rings is 1. The van der Waals surface area contributed by atoms with E-state index in [-0.39, 0.29) is 29.6 Å². The molecule has 0 saturated heterocycles. The third-order valence-corrected chi connectivity index (χ3v) is 4.02. The van der Waals surface area contributed by atoms with Gasteiger partial charge in [0, 0.05) is 29.8 Å². The van der Waals surface area contributed by atoms with Crippen LogP contribution in [0.3, 0.4) is 0 Å². The minimum atomic E-state index is -4.69. The van der Waals surface area contributed by atoms with Crippen molar-refractivity contribution >= 4 is 0 Å². The SMILES string of the molecule is Cc1nc(C(F)(F)F)nc(-c2cc(F)cc3c2OC(CN)C3)c1C. The van der Waals surface area contributed by atoms with Gasteiger partial charge in [-0.3, -0.25) is 0 Å². The molecular weight excluding hydrogens is 326 g/mol. The highest BCUT2D eigenvalue weighted by molar-refractivity contribution is 5.73. The Morgan fingerprint density at radius 2 is 1.96 bits per heavy atom. The summed E-state index contributed by atoms with van der Waals surface area (Å²) in [5.74, 6) is -1.48. The zero-order valence-corrected chi connectivity index (χ0v) is 13.0. The number of hydrogen-bond donors (Lipinski definition) is 1. The fourth-order valence-corrected chi connectivity index (χ4v) is 2.72. The van der Waals surface area contributed by atoms with Crippen LogP contribution in [0.1, 0.15) is 22.6 Å². The van der Waals surface area contributed by atoms with Gasteiger partial charge in [0.2, 0.25) is 5.82 Å². The van der Waals surface area contributed by atoms with E-state index in [1.807, 2.05) is 0 Å². The molecule has 1 aliphatic rings. The first kappa shape index (κ1) is 16.6. The Hall–Kier alpha value is -2.22. The van der Waals surface area contributed by atoms with Crippen LogP contribution in [0.2, 0.25) is 0 Å². The summed E-state index contributed by atoms with van der Waals surface area (Å²) >= 11 is 0. The molecule has 0 bridgehead atoms. The van der Waals surface area contributed by atoms with E-state index in [2.05, 4.69) is 9.97 Å². The topological polar surface area (TPSA) is 61.0 Å². The Morgan fingerprint density at radius 1 is 1.25 bits per heavy atom. The van der Waals surface area contributed by atoms with Gasteiger partial charge in [0.15, 0.2) is 0 Å². The molecule has 8 heteroatoms. The van der Waals surface area contributed by atoms with Crippen molar-refractivity contribution in [2.24, 2.45) is 5.73 Å². The third-order valence-electron chi connectivity index (χ3n) is 4.02. The number of nitrogens with two attached hydrogens (primary N) is 1. The Bertz CT molecular complexity index is 805. The van der Waals surface area contributed by atoms with Gasteiger partial charge in [0.25, 0.3) is 0 Å². The van der Waals surface area contributed by atoms with Crippen molar-refractivity contribution in [3.63, 3.8) is 0 Å². The van der Waals surface area contributed by atoms with E-state index in [1.54, 1.807) is 6.92 Å². The van der Waals surface area contributed by atoms with E-state index in [0.29, 0.717) is 23.3 Å². The van der Waals surface area contributed by atoms with Crippen molar-refractivity contribution in [1.82, 2.24) is 9.97 Å². The van der Waals surface area contributed by atoms with E-state index in [9.17, 15) is 17.6 Å². The molecule has 2 heterocycles. The lowest BCUT2D eigenvalue weighted by molar-refractivity contribution is -0.145. The minimum absolute atomic E-state index is 0.0169. The molecule has 3 rings (SSSR count). The van der Waals surface area contributed by atoms with Crippen LogP contribution in [0.25, 0.3) is 11.3 Å².